The van der Waals surface area contributed by atoms with Crippen LogP contribution in [0.1, 0.15) is 11.1 Å². The third-order valence-corrected chi connectivity index (χ3v) is 6.58. The molecule has 1 aliphatic rings. The molecule has 6 nitrogen and oxygen atoms in total. The molecule has 0 spiro atoms. The van der Waals surface area contributed by atoms with Crippen LogP contribution in [0.3, 0.4) is 0 Å². The van der Waals surface area contributed by atoms with E-state index < -0.39 is 5.97 Å². The van der Waals surface area contributed by atoms with Crippen LogP contribution in [0, 0.1) is 5.82 Å². The number of nitrogens with zero attached hydrogens (tertiary/aromatic N) is 2. The van der Waals surface area contributed by atoms with Crippen molar-refractivity contribution in [3.63, 3.8) is 0 Å². The van der Waals surface area contributed by atoms with Crippen molar-refractivity contribution in [2.75, 3.05) is 18.6 Å². The molecule has 10 heteroatoms. The number of amides is 1. The van der Waals surface area contributed by atoms with Gasteiger partial charge in [-0.3, -0.25) is 14.5 Å². The number of halogens is 3. The van der Waals surface area contributed by atoms with Gasteiger partial charge in [-0.05, 0) is 93.9 Å². The number of benzene rings is 3. The van der Waals surface area contributed by atoms with Crippen LogP contribution in [-0.2, 0) is 20.9 Å². The predicted molar refractivity (Wildman–Crippen MR) is 143 cm³/mol. The summed E-state index contributed by atoms with van der Waals surface area (Å²) in [4.78, 5) is 28.2. The number of hydrogen-bond acceptors (Lipinski definition) is 5. The van der Waals surface area contributed by atoms with Crippen LogP contribution in [-0.4, -0.2) is 35.5 Å². The second kappa shape index (κ2) is 11.2. The van der Waals surface area contributed by atoms with Gasteiger partial charge in [0.15, 0.2) is 5.11 Å². The number of thiocarbonyl (C=S) groups is 1. The maximum Gasteiger partial charge on any atom is 0.325 e. The maximum atomic E-state index is 13.4. The largest absolute Gasteiger partial charge is 0.488 e. The second-order valence-corrected chi connectivity index (χ2v) is 9.35. The number of methoxy groups -OCH3 is 1. The first kappa shape index (κ1) is 25.8. The molecule has 1 amide bonds. The number of hydrogen-bond donors (Lipinski definition) is 0. The Kier molecular flexibility index (Phi) is 8.03. The standard InChI is InChI=1S/C26H19BrClFN2O4S/c1-34-24(32)14-30-22(25(33)31(26(30)36)20-9-5-18(28)6-10-20)13-17-4-11-23(21(27)12-17)35-15-16-2-7-19(29)8-3-16/h2-13H,14-15H2,1H3/b22-13-. The Morgan fingerprint density at radius 3 is 2.44 bits per heavy atom. The summed E-state index contributed by atoms with van der Waals surface area (Å²) in [6.07, 6.45) is 1.64. The summed E-state index contributed by atoms with van der Waals surface area (Å²) < 4.78 is 24.4. The lowest BCUT2D eigenvalue weighted by Gasteiger charge is -2.19. The highest BCUT2D eigenvalue weighted by Gasteiger charge is 2.40. The molecule has 0 aromatic heterocycles. The zero-order valence-electron chi connectivity index (χ0n) is 18.9. The van der Waals surface area contributed by atoms with Crippen LogP contribution in [0.15, 0.2) is 76.9 Å². The molecule has 1 saturated heterocycles. The molecule has 4 rings (SSSR count). The minimum atomic E-state index is -0.542. The topological polar surface area (TPSA) is 59.1 Å². The molecule has 1 aliphatic heterocycles. The van der Waals surface area contributed by atoms with Crippen molar-refractivity contribution in [1.82, 2.24) is 4.90 Å². The lowest BCUT2D eigenvalue weighted by molar-refractivity contribution is -0.140. The Balaban J connectivity index is 1.61. The van der Waals surface area contributed by atoms with Crippen LogP contribution < -0.4 is 9.64 Å². The Hall–Kier alpha value is -3.27. The van der Waals surface area contributed by atoms with Gasteiger partial charge in [-0.1, -0.05) is 29.8 Å². The molecule has 0 bridgehead atoms. The molecule has 184 valence electrons. The minimum Gasteiger partial charge on any atom is -0.488 e. The van der Waals surface area contributed by atoms with E-state index in [1.807, 2.05) is 0 Å². The molecule has 0 unspecified atom stereocenters. The van der Waals surface area contributed by atoms with Gasteiger partial charge in [0, 0.05) is 5.02 Å². The van der Waals surface area contributed by atoms with Gasteiger partial charge < -0.3 is 14.4 Å². The first-order chi connectivity index (χ1) is 17.3. The molecule has 0 aliphatic carbocycles. The van der Waals surface area contributed by atoms with Crippen molar-refractivity contribution in [3.05, 3.63) is 98.9 Å². The molecule has 1 fully saturated rings. The summed E-state index contributed by atoms with van der Waals surface area (Å²) in [5.74, 6) is -0.670. The summed E-state index contributed by atoms with van der Waals surface area (Å²) in [5, 5.41) is 0.669. The molecule has 1 heterocycles. The third kappa shape index (κ3) is 5.75. The summed E-state index contributed by atoms with van der Waals surface area (Å²) >= 11 is 15.0. The molecule has 0 saturated carbocycles. The first-order valence-electron chi connectivity index (χ1n) is 10.6. The van der Waals surface area contributed by atoms with Crippen molar-refractivity contribution in [2.24, 2.45) is 0 Å². The summed E-state index contributed by atoms with van der Waals surface area (Å²) in [6.45, 7) is 0.0338. The van der Waals surface area contributed by atoms with E-state index in [1.54, 1.807) is 60.7 Å². The van der Waals surface area contributed by atoms with Gasteiger partial charge in [0.2, 0.25) is 0 Å². The van der Waals surface area contributed by atoms with Crippen molar-refractivity contribution in [3.8, 4) is 5.75 Å². The highest BCUT2D eigenvalue weighted by molar-refractivity contribution is 9.10. The zero-order chi connectivity index (χ0) is 25.8. The molecule has 0 N–H and O–H groups in total. The van der Waals surface area contributed by atoms with Crippen molar-refractivity contribution in [1.29, 1.82) is 0 Å². The number of rotatable bonds is 7. The molecular formula is C26H19BrClFN2O4S. The molecule has 0 radical (unpaired) electrons. The quantitative estimate of drug-likeness (QED) is 0.192. The van der Waals surface area contributed by atoms with Crippen molar-refractivity contribution in [2.45, 2.75) is 6.61 Å². The Labute approximate surface area is 226 Å². The second-order valence-electron chi connectivity index (χ2n) is 7.70. The van der Waals surface area contributed by atoms with Crippen LogP contribution in [0.25, 0.3) is 6.08 Å². The van der Waals surface area contributed by atoms with Crippen LogP contribution in [0.2, 0.25) is 5.02 Å². The normalized spacial score (nSPS) is 14.5. The predicted octanol–water partition coefficient (Wildman–Crippen LogP) is 5.97. The minimum absolute atomic E-state index is 0.150. The van der Waals surface area contributed by atoms with E-state index >= 15 is 0 Å². The van der Waals surface area contributed by atoms with Crippen LogP contribution in [0.5, 0.6) is 5.75 Å². The fourth-order valence-electron chi connectivity index (χ4n) is 3.47. The van der Waals surface area contributed by atoms with Gasteiger partial charge in [-0.2, -0.15) is 0 Å². The third-order valence-electron chi connectivity index (χ3n) is 5.30. The number of carbonyl (C=O) groups is 2. The molecule has 36 heavy (non-hydrogen) atoms. The van der Waals surface area contributed by atoms with Crippen molar-refractivity contribution >= 4 is 68.5 Å². The number of anilines is 1. The fraction of sp³-hybridized carbons (Fsp3) is 0.115. The van der Waals surface area contributed by atoms with E-state index in [2.05, 4.69) is 15.9 Å². The summed E-state index contributed by atoms with van der Waals surface area (Å²) in [7, 11) is 1.27. The number of carbonyl (C=O) groups excluding carboxylic acids is 2. The smallest absolute Gasteiger partial charge is 0.325 e. The summed E-state index contributed by atoms with van der Waals surface area (Å²) in [5.41, 5.74) is 2.24. The maximum absolute atomic E-state index is 13.4. The average molecular weight is 590 g/mol. The number of esters is 1. The van der Waals surface area contributed by atoms with Gasteiger partial charge in [-0.15, -0.1) is 0 Å². The molecule has 3 aromatic carbocycles. The number of ether oxygens (including phenoxy) is 2. The monoisotopic (exact) mass is 588 g/mol. The van der Waals surface area contributed by atoms with Gasteiger partial charge in [0.25, 0.3) is 5.91 Å². The zero-order valence-corrected chi connectivity index (χ0v) is 22.1. The fourth-order valence-corrected chi connectivity index (χ4v) is 4.46. The highest BCUT2D eigenvalue weighted by Crippen LogP contribution is 2.32. The Morgan fingerprint density at radius 1 is 1.11 bits per heavy atom. The summed E-state index contributed by atoms with van der Waals surface area (Å²) in [6, 6.07) is 18.0. The SMILES string of the molecule is COC(=O)CN1C(=S)N(c2ccc(Cl)cc2)C(=O)/C1=C/c1ccc(OCc2ccc(F)cc2)c(Br)c1. The van der Waals surface area contributed by atoms with Gasteiger partial charge in [-0.25, -0.2) is 4.39 Å². The van der Waals surface area contributed by atoms with Crippen molar-refractivity contribution < 1.29 is 23.5 Å². The van der Waals surface area contributed by atoms with Crippen LogP contribution >= 0.6 is 39.7 Å². The average Bonchev–Trinajstić information content (AvgIpc) is 3.09. The van der Waals surface area contributed by atoms with E-state index in [9.17, 15) is 14.0 Å². The van der Waals surface area contributed by atoms with Gasteiger partial charge in [0.1, 0.15) is 30.4 Å². The molecule has 0 atom stereocenters. The lowest BCUT2D eigenvalue weighted by Crippen LogP contribution is -2.35. The molecular weight excluding hydrogens is 571 g/mol. The molecule has 3 aromatic rings. The van der Waals surface area contributed by atoms with E-state index in [1.165, 1.54) is 29.0 Å². The van der Waals surface area contributed by atoms with E-state index in [0.29, 0.717) is 26.5 Å². The highest BCUT2D eigenvalue weighted by atomic mass is 79.9. The lowest BCUT2D eigenvalue weighted by atomic mass is 10.1. The van der Waals surface area contributed by atoms with Crippen LogP contribution in [0.4, 0.5) is 10.1 Å². The van der Waals surface area contributed by atoms with Gasteiger partial charge in [0.05, 0.1) is 17.3 Å². The van der Waals surface area contributed by atoms with Gasteiger partial charge >= 0.3 is 5.97 Å². The Bertz CT molecular complexity index is 1350. The van der Waals surface area contributed by atoms with E-state index in [4.69, 9.17) is 33.3 Å². The Morgan fingerprint density at radius 2 is 1.81 bits per heavy atom. The van der Waals surface area contributed by atoms with E-state index in [-0.39, 0.29) is 35.7 Å². The first-order valence-corrected chi connectivity index (χ1v) is 12.2. The van der Waals surface area contributed by atoms with E-state index in [0.717, 1.165) is 5.56 Å².